The van der Waals surface area contributed by atoms with Crippen LogP contribution in [0.5, 0.6) is 5.75 Å². The molecule has 0 spiro atoms. The lowest BCUT2D eigenvalue weighted by Gasteiger charge is -2.29. The number of pyridine rings is 1. The van der Waals surface area contributed by atoms with E-state index in [1.807, 2.05) is 43.0 Å². The predicted molar refractivity (Wildman–Crippen MR) is 98.2 cm³/mol. The van der Waals surface area contributed by atoms with Crippen LogP contribution >= 0.6 is 0 Å². The molecule has 3 rings (SSSR count). The summed E-state index contributed by atoms with van der Waals surface area (Å²) < 4.78 is 11.1. The van der Waals surface area contributed by atoms with Crippen LogP contribution in [-0.4, -0.2) is 48.7 Å². The van der Waals surface area contributed by atoms with Gasteiger partial charge in [0.2, 0.25) is 0 Å². The minimum absolute atomic E-state index is 0.0392. The van der Waals surface area contributed by atoms with Gasteiger partial charge in [-0.15, -0.1) is 0 Å². The molecule has 0 bridgehead atoms. The van der Waals surface area contributed by atoms with Crippen molar-refractivity contribution in [2.24, 2.45) is 0 Å². The smallest absolute Gasteiger partial charge is 0.254 e. The van der Waals surface area contributed by atoms with E-state index in [1.165, 1.54) is 6.42 Å². The van der Waals surface area contributed by atoms with Crippen molar-refractivity contribution in [3.05, 3.63) is 35.5 Å². The van der Waals surface area contributed by atoms with Gasteiger partial charge in [0, 0.05) is 36.8 Å². The number of fused-ring (bicyclic) bond motifs is 1. The molecule has 1 fully saturated rings. The normalized spacial score (nSPS) is 17.5. The first-order valence-electron chi connectivity index (χ1n) is 8.98. The molecule has 25 heavy (non-hydrogen) atoms. The van der Waals surface area contributed by atoms with Crippen LogP contribution in [0.3, 0.4) is 0 Å². The third-order valence-corrected chi connectivity index (χ3v) is 4.74. The largest absolute Gasteiger partial charge is 0.497 e. The van der Waals surface area contributed by atoms with Gasteiger partial charge in [-0.25, -0.2) is 0 Å². The van der Waals surface area contributed by atoms with Crippen LogP contribution in [0.1, 0.15) is 42.2 Å². The minimum Gasteiger partial charge on any atom is -0.497 e. The quantitative estimate of drug-likeness (QED) is 0.833. The number of nitrogens with zero attached hydrogens (tertiary/aromatic N) is 2. The molecule has 0 radical (unpaired) electrons. The Morgan fingerprint density at radius 2 is 2.20 bits per heavy atom. The minimum atomic E-state index is 0.0392. The van der Waals surface area contributed by atoms with Gasteiger partial charge in [0.1, 0.15) is 5.75 Å². The van der Waals surface area contributed by atoms with E-state index in [0.29, 0.717) is 18.7 Å². The number of aromatic nitrogens is 1. The number of hydrogen-bond acceptors (Lipinski definition) is 4. The number of methoxy groups -OCH3 is 1. The zero-order valence-electron chi connectivity index (χ0n) is 15.2. The molecule has 1 aliphatic heterocycles. The van der Waals surface area contributed by atoms with Crippen molar-refractivity contribution in [3.8, 4) is 5.75 Å². The Labute approximate surface area is 148 Å². The number of aryl methyl sites for hydroxylation is 1. The molecule has 1 aromatic carbocycles. The average molecular weight is 342 g/mol. The maximum absolute atomic E-state index is 13.2. The Kier molecular flexibility index (Phi) is 5.53. The van der Waals surface area contributed by atoms with Crippen LogP contribution in [0.15, 0.2) is 24.3 Å². The van der Waals surface area contributed by atoms with Gasteiger partial charge in [-0.2, -0.15) is 0 Å². The molecule has 1 aromatic heterocycles. The molecule has 0 aliphatic carbocycles. The Hall–Kier alpha value is -2.14. The summed E-state index contributed by atoms with van der Waals surface area (Å²) in [4.78, 5) is 19.6. The van der Waals surface area contributed by atoms with E-state index in [0.717, 1.165) is 41.8 Å². The third kappa shape index (κ3) is 3.93. The Balaban J connectivity index is 1.91. The van der Waals surface area contributed by atoms with Crippen molar-refractivity contribution in [2.45, 2.75) is 39.2 Å². The van der Waals surface area contributed by atoms with Gasteiger partial charge in [0.05, 0.1) is 24.3 Å². The molecule has 1 saturated heterocycles. The molecule has 5 heteroatoms. The predicted octanol–water partition coefficient (Wildman–Crippen LogP) is 3.58. The zero-order chi connectivity index (χ0) is 17.8. The second-order valence-corrected chi connectivity index (χ2v) is 6.53. The molecule has 1 aliphatic rings. The fourth-order valence-corrected chi connectivity index (χ4v) is 3.37. The first kappa shape index (κ1) is 17.7. The molecule has 2 heterocycles. The Bertz CT molecular complexity index is 754. The lowest BCUT2D eigenvalue weighted by molar-refractivity contribution is -0.00307. The van der Waals surface area contributed by atoms with Gasteiger partial charge >= 0.3 is 0 Å². The summed E-state index contributed by atoms with van der Waals surface area (Å²) in [6, 6.07) is 7.54. The Morgan fingerprint density at radius 1 is 1.36 bits per heavy atom. The van der Waals surface area contributed by atoms with Gasteiger partial charge < -0.3 is 14.4 Å². The Morgan fingerprint density at radius 3 is 2.88 bits per heavy atom. The molecule has 1 amide bonds. The first-order chi connectivity index (χ1) is 12.1. The van der Waals surface area contributed by atoms with Gasteiger partial charge in [-0.3, -0.25) is 9.78 Å². The van der Waals surface area contributed by atoms with E-state index < -0.39 is 0 Å². The number of ether oxygens (including phenoxy) is 2. The van der Waals surface area contributed by atoms with Gasteiger partial charge in [0.15, 0.2) is 0 Å². The molecule has 1 atom stereocenters. The number of likely N-dealkylation sites (N-methyl/N-ethyl adjacent to an activating group) is 1. The van der Waals surface area contributed by atoms with Crippen LogP contribution in [-0.2, 0) is 4.74 Å². The highest BCUT2D eigenvalue weighted by molar-refractivity contribution is 6.06. The monoisotopic (exact) mass is 342 g/mol. The molecule has 2 aromatic rings. The van der Waals surface area contributed by atoms with E-state index in [-0.39, 0.29) is 12.0 Å². The van der Waals surface area contributed by atoms with E-state index >= 15 is 0 Å². The van der Waals surface area contributed by atoms with Crippen LogP contribution in [0.2, 0.25) is 0 Å². The third-order valence-electron chi connectivity index (χ3n) is 4.74. The zero-order valence-corrected chi connectivity index (χ0v) is 15.2. The summed E-state index contributed by atoms with van der Waals surface area (Å²) >= 11 is 0. The number of hydrogen-bond donors (Lipinski definition) is 0. The van der Waals surface area contributed by atoms with Crippen LogP contribution in [0.25, 0.3) is 10.9 Å². The maximum Gasteiger partial charge on any atom is 0.254 e. The van der Waals surface area contributed by atoms with Crippen LogP contribution < -0.4 is 4.74 Å². The van der Waals surface area contributed by atoms with Crippen molar-refractivity contribution < 1.29 is 14.3 Å². The van der Waals surface area contributed by atoms with Gasteiger partial charge in [-0.05, 0) is 51.3 Å². The molecule has 0 unspecified atom stereocenters. The fraction of sp³-hybridized carbons (Fsp3) is 0.500. The molecule has 5 nitrogen and oxygen atoms in total. The summed E-state index contributed by atoms with van der Waals surface area (Å²) in [5, 5.41) is 0.861. The molecule has 0 saturated carbocycles. The second-order valence-electron chi connectivity index (χ2n) is 6.53. The highest BCUT2D eigenvalue weighted by Crippen LogP contribution is 2.25. The number of benzene rings is 1. The highest BCUT2D eigenvalue weighted by atomic mass is 16.5. The standard InChI is InChI=1S/C20H26N2O3/c1-4-22(13-16-7-5-6-10-25-16)20(23)18-11-14(2)21-19-12-15(24-3)8-9-17(18)19/h8-9,11-12,16H,4-7,10,13H2,1-3H3/t16-/m1/s1. The van der Waals surface area contributed by atoms with Crippen LogP contribution in [0.4, 0.5) is 0 Å². The summed E-state index contributed by atoms with van der Waals surface area (Å²) in [7, 11) is 1.63. The summed E-state index contributed by atoms with van der Waals surface area (Å²) in [5.41, 5.74) is 2.31. The van der Waals surface area contributed by atoms with Crippen molar-refractivity contribution in [1.29, 1.82) is 0 Å². The number of rotatable bonds is 5. The van der Waals surface area contributed by atoms with Crippen LogP contribution in [0, 0.1) is 6.92 Å². The molecule has 0 N–H and O–H groups in total. The molecular formula is C20H26N2O3. The summed E-state index contributed by atoms with van der Waals surface area (Å²) in [6.45, 7) is 6.04. The summed E-state index contributed by atoms with van der Waals surface area (Å²) in [6.07, 6.45) is 3.46. The number of amides is 1. The first-order valence-corrected chi connectivity index (χ1v) is 8.98. The van der Waals surface area contributed by atoms with E-state index in [9.17, 15) is 4.79 Å². The van der Waals surface area contributed by atoms with Crippen molar-refractivity contribution in [2.75, 3.05) is 26.8 Å². The summed E-state index contributed by atoms with van der Waals surface area (Å²) in [5.74, 6) is 0.782. The second kappa shape index (κ2) is 7.83. The molecular weight excluding hydrogens is 316 g/mol. The van der Waals surface area contributed by atoms with Gasteiger partial charge in [-0.1, -0.05) is 0 Å². The fourth-order valence-electron chi connectivity index (χ4n) is 3.37. The molecule has 134 valence electrons. The van der Waals surface area contributed by atoms with E-state index in [2.05, 4.69) is 4.98 Å². The van der Waals surface area contributed by atoms with Crippen molar-refractivity contribution in [1.82, 2.24) is 9.88 Å². The average Bonchev–Trinajstić information content (AvgIpc) is 2.65. The number of carbonyl (C=O) groups excluding carboxylic acids is 1. The maximum atomic E-state index is 13.2. The van der Waals surface area contributed by atoms with E-state index in [1.54, 1.807) is 7.11 Å². The lowest BCUT2D eigenvalue weighted by Crippen LogP contribution is -2.39. The van der Waals surface area contributed by atoms with Gasteiger partial charge in [0.25, 0.3) is 5.91 Å². The van der Waals surface area contributed by atoms with E-state index in [4.69, 9.17) is 9.47 Å². The lowest BCUT2D eigenvalue weighted by atomic mass is 10.0. The highest BCUT2D eigenvalue weighted by Gasteiger charge is 2.23. The SMILES string of the molecule is CCN(C[C@H]1CCCCO1)C(=O)c1cc(C)nc2cc(OC)ccc12. The number of carbonyl (C=O) groups is 1. The van der Waals surface area contributed by atoms with Crippen molar-refractivity contribution >= 4 is 16.8 Å². The topological polar surface area (TPSA) is 51.7 Å². The van der Waals surface area contributed by atoms with Crippen molar-refractivity contribution in [3.63, 3.8) is 0 Å².